The van der Waals surface area contributed by atoms with Crippen LogP contribution in [-0.4, -0.2) is 24.9 Å². The predicted octanol–water partition coefficient (Wildman–Crippen LogP) is 4.11. The summed E-state index contributed by atoms with van der Waals surface area (Å²) in [6.07, 6.45) is 0.847. The van der Waals surface area contributed by atoms with Crippen LogP contribution in [0.4, 0.5) is 0 Å². The van der Waals surface area contributed by atoms with E-state index in [0.29, 0.717) is 47.8 Å². The van der Waals surface area contributed by atoms with Gasteiger partial charge in [-0.25, -0.2) is 0 Å². The molecule has 128 valence electrons. The van der Waals surface area contributed by atoms with E-state index in [-0.39, 0.29) is 5.91 Å². The van der Waals surface area contributed by atoms with Crippen molar-refractivity contribution in [1.29, 1.82) is 0 Å². The average Bonchev–Trinajstić information content (AvgIpc) is 2.97. The Morgan fingerprint density at radius 3 is 3.04 bits per heavy atom. The van der Waals surface area contributed by atoms with E-state index in [0.717, 1.165) is 16.9 Å². The number of carbonyl (C=O) groups is 1. The van der Waals surface area contributed by atoms with Gasteiger partial charge in [-0.2, -0.15) is 0 Å². The zero-order valence-corrected chi connectivity index (χ0v) is 15.4. The lowest BCUT2D eigenvalue weighted by atomic mass is 10.2. The number of thiophene rings is 1. The molecule has 0 saturated carbocycles. The molecule has 0 radical (unpaired) electrons. The summed E-state index contributed by atoms with van der Waals surface area (Å²) in [6, 6.07) is 7.82. The third-order valence-electron chi connectivity index (χ3n) is 3.40. The quantitative estimate of drug-likeness (QED) is 0.815. The van der Waals surface area contributed by atoms with Crippen LogP contribution in [0.15, 0.2) is 29.6 Å². The molecule has 1 aromatic carbocycles. The first kappa shape index (κ1) is 17.5. The Bertz CT molecular complexity index is 691. The van der Waals surface area contributed by atoms with Crippen molar-refractivity contribution in [2.75, 3.05) is 19.0 Å². The first-order chi connectivity index (χ1) is 11.7. The molecular formula is C17H18ClNO3S2. The Balaban J connectivity index is 1.48. The van der Waals surface area contributed by atoms with Gasteiger partial charge in [0.15, 0.2) is 11.5 Å². The Kier molecular flexibility index (Phi) is 6.29. The molecule has 0 unspecified atom stereocenters. The average molecular weight is 384 g/mol. The van der Waals surface area contributed by atoms with E-state index in [4.69, 9.17) is 21.1 Å². The van der Waals surface area contributed by atoms with E-state index in [2.05, 4.69) is 5.32 Å². The topological polar surface area (TPSA) is 47.6 Å². The van der Waals surface area contributed by atoms with Crippen molar-refractivity contribution in [3.63, 3.8) is 0 Å². The van der Waals surface area contributed by atoms with Gasteiger partial charge in [0, 0.05) is 17.1 Å². The van der Waals surface area contributed by atoms with Crippen LogP contribution in [0.2, 0.25) is 5.02 Å². The highest BCUT2D eigenvalue weighted by molar-refractivity contribution is 7.99. The second kappa shape index (κ2) is 8.65. The molecule has 1 aromatic heterocycles. The van der Waals surface area contributed by atoms with Crippen LogP contribution in [0, 0.1) is 0 Å². The minimum Gasteiger partial charge on any atom is -0.489 e. The van der Waals surface area contributed by atoms with Gasteiger partial charge in [-0.3, -0.25) is 4.79 Å². The third kappa shape index (κ3) is 4.82. The molecule has 1 amide bonds. The van der Waals surface area contributed by atoms with Crippen LogP contribution in [0.25, 0.3) is 0 Å². The number of ether oxygens (including phenoxy) is 2. The van der Waals surface area contributed by atoms with E-state index < -0.39 is 0 Å². The smallest absolute Gasteiger partial charge is 0.230 e. The number of amides is 1. The number of halogens is 1. The fraction of sp³-hybridized carbons (Fsp3) is 0.353. The molecule has 3 rings (SSSR count). The predicted molar refractivity (Wildman–Crippen MR) is 99.4 cm³/mol. The number of thioether (sulfide) groups is 1. The summed E-state index contributed by atoms with van der Waals surface area (Å²) in [5.41, 5.74) is 1.03. The molecular weight excluding hydrogens is 366 g/mol. The summed E-state index contributed by atoms with van der Waals surface area (Å²) in [5.74, 6) is 2.46. The molecule has 0 spiro atoms. The molecule has 4 nitrogen and oxygen atoms in total. The van der Waals surface area contributed by atoms with Crippen LogP contribution in [0.5, 0.6) is 11.5 Å². The van der Waals surface area contributed by atoms with Gasteiger partial charge in [0.05, 0.1) is 30.5 Å². The highest BCUT2D eigenvalue weighted by atomic mass is 35.5. The van der Waals surface area contributed by atoms with Gasteiger partial charge in [0.2, 0.25) is 5.91 Å². The maximum atomic E-state index is 11.9. The van der Waals surface area contributed by atoms with Crippen molar-refractivity contribution in [1.82, 2.24) is 5.32 Å². The van der Waals surface area contributed by atoms with Crippen molar-refractivity contribution in [3.8, 4) is 11.5 Å². The molecule has 0 saturated heterocycles. The summed E-state index contributed by atoms with van der Waals surface area (Å²) >= 11 is 9.47. The lowest BCUT2D eigenvalue weighted by molar-refractivity contribution is -0.118. The Morgan fingerprint density at radius 2 is 2.21 bits per heavy atom. The van der Waals surface area contributed by atoms with Gasteiger partial charge in [0.1, 0.15) is 0 Å². The minimum atomic E-state index is 0.0360. The Labute approximate surface area is 154 Å². The second-order valence-electron chi connectivity index (χ2n) is 5.30. The summed E-state index contributed by atoms with van der Waals surface area (Å²) < 4.78 is 11.3. The molecule has 2 heterocycles. The maximum absolute atomic E-state index is 11.9. The molecule has 0 fully saturated rings. The fourth-order valence-corrected chi connectivity index (χ4v) is 4.00. The SMILES string of the molecule is O=C(CSCc1cc(Cl)c2c(c1)OCCCO2)NCc1cccs1. The minimum absolute atomic E-state index is 0.0360. The monoisotopic (exact) mass is 383 g/mol. The zero-order chi connectivity index (χ0) is 16.8. The molecule has 1 N–H and O–H groups in total. The number of benzene rings is 1. The van der Waals surface area contributed by atoms with Crippen LogP contribution >= 0.6 is 34.7 Å². The largest absolute Gasteiger partial charge is 0.489 e. The van der Waals surface area contributed by atoms with E-state index in [1.165, 1.54) is 0 Å². The Hall–Kier alpha value is -1.37. The van der Waals surface area contributed by atoms with Gasteiger partial charge < -0.3 is 14.8 Å². The van der Waals surface area contributed by atoms with E-state index in [9.17, 15) is 4.79 Å². The van der Waals surface area contributed by atoms with Crippen LogP contribution in [-0.2, 0) is 17.1 Å². The first-order valence-electron chi connectivity index (χ1n) is 7.67. The number of rotatable bonds is 6. The van der Waals surface area contributed by atoms with Crippen molar-refractivity contribution >= 4 is 40.6 Å². The van der Waals surface area contributed by atoms with Gasteiger partial charge in [-0.05, 0) is 29.1 Å². The number of hydrogen-bond acceptors (Lipinski definition) is 5. The highest BCUT2D eigenvalue weighted by Gasteiger charge is 2.15. The third-order valence-corrected chi connectivity index (χ3v) is 5.56. The lowest BCUT2D eigenvalue weighted by Gasteiger charge is -2.11. The molecule has 1 aliphatic rings. The van der Waals surface area contributed by atoms with Crippen LogP contribution < -0.4 is 14.8 Å². The molecule has 0 aliphatic carbocycles. The molecule has 0 bridgehead atoms. The number of carbonyl (C=O) groups excluding carboxylic acids is 1. The van der Waals surface area contributed by atoms with Gasteiger partial charge in [0.25, 0.3) is 0 Å². The molecule has 7 heteroatoms. The number of fused-ring (bicyclic) bond motifs is 1. The van der Waals surface area contributed by atoms with Gasteiger partial charge in [-0.1, -0.05) is 17.7 Å². The van der Waals surface area contributed by atoms with Crippen molar-refractivity contribution in [3.05, 3.63) is 45.1 Å². The standard InChI is InChI=1S/C17H18ClNO3S2/c18-14-7-12(8-15-17(14)22-5-2-4-21-15)10-23-11-16(20)19-9-13-3-1-6-24-13/h1,3,6-8H,2,4-5,9-11H2,(H,19,20). The van der Waals surface area contributed by atoms with Crippen molar-refractivity contribution in [2.45, 2.75) is 18.7 Å². The molecule has 1 aliphatic heterocycles. The fourth-order valence-electron chi connectivity index (χ4n) is 2.28. The van der Waals surface area contributed by atoms with E-state index >= 15 is 0 Å². The van der Waals surface area contributed by atoms with Crippen molar-refractivity contribution in [2.24, 2.45) is 0 Å². The van der Waals surface area contributed by atoms with Gasteiger partial charge >= 0.3 is 0 Å². The zero-order valence-electron chi connectivity index (χ0n) is 13.0. The Morgan fingerprint density at radius 1 is 1.33 bits per heavy atom. The van der Waals surface area contributed by atoms with E-state index in [1.807, 2.05) is 29.6 Å². The maximum Gasteiger partial charge on any atom is 0.230 e. The highest BCUT2D eigenvalue weighted by Crippen LogP contribution is 2.38. The molecule has 24 heavy (non-hydrogen) atoms. The summed E-state index contributed by atoms with van der Waals surface area (Å²) in [7, 11) is 0. The normalized spacial score (nSPS) is 13.4. The summed E-state index contributed by atoms with van der Waals surface area (Å²) in [4.78, 5) is 13.0. The molecule has 2 aromatic rings. The molecule has 0 atom stereocenters. The summed E-state index contributed by atoms with van der Waals surface area (Å²) in [6.45, 7) is 1.84. The van der Waals surface area contributed by atoms with E-state index in [1.54, 1.807) is 23.1 Å². The first-order valence-corrected chi connectivity index (χ1v) is 10.1. The number of nitrogens with one attached hydrogen (secondary N) is 1. The number of hydrogen-bond donors (Lipinski definition) is 1. The van der Waals surface area contributed by atoms with Crippen LogP contribution in [0.3, 0.4) is 0 Å². The van der Waals surface area contributed by atoms with Gasteiger partial charge in [-0.15, -0.1) is 23.1 Å². The summed E-state index contributed by atoms with van der Waals surface area (Å²) in [5, 5.41) is 5.49. The second-order valence-corrected chi connectivity index (χ2v) is 7.73. The lowest BCUT2D eigenvalue weighted by Crippen LogP contribution is -2.24. The van der Waals surface area contributed by atoms with Crippen molar-refractivity contribution < 1.29 is 14.3 Å². The van der Waals surface area contributed by atoms with Crippen LogP contribution in [0.1, 0.15) is 16.9 Å².